The predicted molar refractivity (Wildman–Crippen MR) is 115 cm³/mol. The number of hydrogen-bond acceptors (Lipinski definition) is 3. The highest BCUT2D eigenvalue weighted by molar-refractivity contribution is 5.57. The second-order valence-electron chi connectivity index (χ2n) is 9.69. The summed E-state index contributed by atoms with van der Waals surface area (Å²) in [7, 11) is 3.71. The maximum absolute atomic E-state index is 11.3. The Bertz CT molecular complexity index is 975. The van der Waals surface area contributed by atoms with Gasteiger partial charge in [-0.2, -0.15) is 5.10 Å². The van der Waals surface area contributed by atoms with E-state index in [2.05, 4.69) is 42.5 Å². The molecule has 1 aromatic carbocycles. The van der Waals surface area contributed by atoms with Crippen molar-refractivity contribution in [3.05, 3.63) is 52.4 Å². The van der Waals surface area contributed by atoms with Crippen LogP contribution >= 0.6 is 0 Å². The molecule has 1 N–H and O–H groups in total. The van der Waals surface area contributed by atoms with Gasteiger partial charge in [0, 0.05) is 24.2 Å². The summed E-state index contributed by atoms with van der Waals surface area (Å²) < 4.78 is 7.31. The van der Waals surface area contributed by atoms with Gasteiger partial charge in [0.1, 0.15) is 5.75 Å². The molecule has 5 atom stereocenters. The average Bonchev–Trinajstić information content (AvgIpc) is 3.17. The summed E-state index contributed by atoms with van der Waals surface area (Å²) in [6, 6.07) is 6.66. The predicted octanol–water partition coefficient (Wildman–Crippen LogP) is 4.65. The molecule has 1 aromatic heterocycles. The Kier molecular flexibility index (Phi) is 4.39. The van der Waals surface area contributed by atoms with Crippen molar-refractivity contribution in [2.45, 2.75) is 58.0 Å². The molecule has 0 saturated heterocycles. The van der Waals surface area contributed by atoms with Crippen LogP contribution in [0.5, 0.6) is 5.75 Å². The van der Waals surface area contributed by atoms with Gasteiger partial charge in [0.2, 0.25) is 0 Å². The summed E-state index contributed by atoms with van der Waals surface area (Å²) in [5.41, 5.74) is 6.36. The van der Waals surface area contributed by atoms with Crippen molar-refractivity contribution in [3.63, 3.8) is 0 Å². The molecule has 4 heteroatoms. The quantitative estimate of drug-likeness (QED) is 0.809. The number of methoxy groups -OCH3 is 1. The zero-order chi connectivity index (χ0) is 20.3. The van der Waals surface area contributed by atoms with Crippen LogP contribution in [-0.4, -0.2) is 28.1 Å². The maximum atomic E-state index is 11.3. The molecule has 5 unspecified atom stereocenters. The Morgan fingerprint density at radius 1 is 1.31 bits per heavy atom. The first-order valence-electron chi connectivity index (χ1n) is 11.0. The Balaban J connectivity index is 1.47. The molecule has 4 nitrogen and oxygen atoms in total. The average molecular weight is 393 g/mol. The molecule has 1 heterocycles. The molecule has 0 aliphatic heterocycles. The van der Waals surface area contributed by atoms with E-state index in [-0.39, 0.29) is 11.5 Å². The first kappa shape index (κ1) is 18.9. The van der Waals surface area contributed by atoms with Gasteiger partial charge in [-0.15, -0.1) is 0 Å². The van der Waals surface area contributed by atoms with Gasteiger partial charge in [-0.3, -0.25) is 4.68 Å². The van der Waals surface area contributed by atoms with E-state index in [0.717, 1.165) is 36.3 Å². The summed E-state index contributed by atoms with van der Waals surface area (Å²) in [5, 5.41) is 15.8. The third-order valence-electron chi connectivity index (χ3n) is 8.20. The van der Waals surface area contributed by atoms with Crippen molar-refractivity contribution in [1.29, 1.82) is 0 Å². The highest BCUT2D eigenvalue weighted by atomic mass is 16.5. The highest BCUT2D eigenvalue weighted by Gasteiger charge is 2.56. The molecule has 0 bridgehead atoms. The third kappa shape index (κ3) is 2.87. The molecule has 0 spiro atoms. The largest absolute Gasteiger partial charge is 0.497 e. The van der Waals surface area contributed by atoms with Crippen LogP contribution in [0.15, 0.2) is 30.0 Å². The molecule has 2 aromatic rings. The number of fused-ring (bicyclic) bond motifs is 5. The Hall–Kier alpha value is -2.07. The Morgan fingerprint density at radius 3 is 2.86 bits per heavy atom. The highest BCUT2D eigenvalue weighted by Crippen LogP contribution is 2.62. The van der Waals surface area contributed by atoms with Crippen molar-refractivity contribution in [3.8, 4) is 5.75 Å². The van der Waals surface area contributed by atoms with E-state index in [4.69, 9.17) is 4.74 Å². The monoisotopic (exact) mass is 392 g/mol. The van der Waals surface area contributed by atoms with Gasteiger partial charge < -0.3 is 9.84 Å². The molecule has 5 rings (SSSR count). The zero-order valence-corrected chi connectivity index (χ0v) is 18.0. The van der Waals surface area contributed by atoms with Crippen molar-refractivity contribution in [2.24, 2.45) is 24.3 Å². The van der Waals surface area contributed by atoms with Gasteiger partial charge in [-0.1, -0.05) is 13.0 Å². The number of aryl methyl sites for hydroxylation is 3. The first-order valence-corrected chi connectivity index (χ1v) is 11.0. The summed E-state index contributed by atoms with van der Waals surface area (Å²) in [4.78, 5) is 0. The summed E-state index contributed by atoms with van der Waals surface area (Å²) >= 11 is 0. The lowest BCUT2D eigenvalue weighted by molar-refractivity contribution is -0.0158. The van der Waals surface area contributed by atoms with Crippen LogP contribution in [0.25, 0.3) is 6.08 Å². The fourth-order valence-electron chi connectivity index (χ4n) is 6.64. The second-order valence-corrected chi connectivity index (χ2v) is 9.69. The lowest BCUT2D eigenvalue weighted by Crippen LogP contribution is -2.44. The fourth-order valence-corrected chi connectivity index (χ4v) is 6.64. The molecular formula is C25H32N2O2. The van der Waals surface area contributed by atoms with Crippen LogP contribution in [0, 0.1) is 24.2 Å². The number of ether oxygens (including phenoxy) is 1. The SMILES string of the molecule is COc1ccc2c(c1)CCC1C2CCC2(C)C(O)/C(=C/c3cn(C)nc3C)CC12. The van der Waals surface area contributed by atoms with Crippen LogP contribution in [0.3, 0.4) is 0 Å². The van der Waals surface area contributed by atoms with Crippen LogP contribution in [0.2, 0.25) is 0 Å². The van der Waals surface area contributed by atoms with Crippen molar-refractivity contribution >= 4 is 6.08 Å². The second kappa shape index (κ2) is 6.73. The number of nitrogens with zero attached hydrogens (tertiary/aromatic N) is 2. The molecule has 154 valence electrons. The molecule has 0 amide bonds. The van der Waals surface area contributed by atoms with Crippen LogP contribution < -0.4 is 4.74 Å². The van der Waals surface area contributed by atoms with E-state index >= 15 is 0 Å². The van der Waals surface area contributed by atoms with E-state index in [0.29, 0.717) is 17.8 Å². The summed E-state index contributed by atoms with van der Waals surface area (Å²) in [6.07, 6.45) is 9.56. The molecular weight excluding hydrogens is 360 g/mol. The Morgan fingerprint density at radius 2 is 2.14 bits per heavy atom. The molecule has 2 fully saturated rings. The summed E-state index contributed by atoms with van der Waals surface area (Å²) in [6.45, 7) is 4.38. The molecule has 3 aliphatic carbocycles. The number of aromatic nitrogens is 2. The van der Waals surface area contributed by atoms with Gasteiger partial charge >= 0.3 is 0 Å². The van der Waals surface area contributed by atoms with E-state index in [1.165, 1.54) is 29.5 Å². The van der Waals surface area contributed by atoms with Gasteiger partial charge in [0.05, 0.1) is 18.9 Å². The van der Waals surface area contributed by atoms with Gasteiger partial charge in [-0.25, -0.2) is 0 Å². The van der Waals surface area contributed by atoms with E-state index in [1.807, 2.05) is 18.7 Å². The number of hydrogen-bond donors (Lipinski definition) is 1. The minimum atomic E-state index is -0.342. The molecule has 2 saturated carbocycles. The van der Waals surface area contributed by atoms with Crippen molar-refractivity contribution in [2.75, 3.05) is 7.11 Å². The van der Waals surface area contributed by atoms with E-state index < -0.39 is 0 Å². The zero-order valence-electron chi connectivity index (χ0n) is 18.0. The maximum Gasteiger partial charge on any atom is 0.119 e. The smallest absolute Gasteiger partial charge is 0.119 e. The number of benzene rings is 1. The van der Waals surface area contributed by atoms with Gasteiger partial charge in [0.15, 0.2) is 0 Å². The topological polar surface area (TPSA) is 47.3 Å². The fraction of sp³-hybridized carbons (Fsp3) is 0.560. The Labute approximate surface area is 173 Å². The van der Waals surface area contributed by atoms with E-state index in [9.17, 15) is 5.11 Å². The molecule has 29 heavy (non-hydrogen) atoms. The third-order valence-corrected chi connectivity index (χ3v) is 8.20. The first-order chi connectivity index (χ1) is 13.9. The molecule has 0 radical (unpaired) electrons. The standard InChI is InChI=1S/C25H32N2O2/c1-15-18(14-27(3)26-15)11-17-13-23-22-7-5-16-12-19(29-4)6-8-20(16)21(22)9-10-25(23,2)24(17)28/h6,8,11-12,14,21-24,28H,5,7,9-10,13H2,1-4H3/b17-11+. The van der Waals surface area contributed by atoms with E-state index in [1.54, 1.807) is 7.11 Å². The minimum absolute atomic E-state index is 0.00686. The van der Waals surface area contributed by atoms with Crippen LogP contribution in [-0.2, 0) is 13.5 Å². The van der Waals surface area contributed by atoms with Crippen LogP contribution in [0.4, 0.5) is 0 Å². The van der Waals surface area contributed by atoms with Crippen molar-refractivity contribution < 1.29 is 9.84 Å². The molecule has 3 aliphatic rings. The normalized spacial score (nSPS) is 34.6. The number of aliphatic hydroxyl groups is 1. The number of rotatable bonds is 2. The van der Waals surface area contributed by atoms with Crippen LogP contribution in [0.1, 0.15) is 60.9 Å². The minimum Gasteiger partial charge on any atom is -0.497 e. The lowest BCUT2D eigenvalue weighted by atomic mass is 9.55. The van der Waals surface area contributed by atoms with Gasteiger partial charge in [-0.05, 0) is 91.7 Å². The lowest BCUT2D eigenvalue weighted by Gasteiger charge is -2.49. The van der Waals surface area contributed by atoms with Gasteiger partial charge in [0.25, 0.3) is 0 Å². The number of aliphatic hydroxyl groups excluding tert-OH is 1. The van der Waals surface area contributed by atoms with Crippen molar-refractivity contribution in [1.82, 2.24) is 9.78 Å². The summed E-state index contributed by atoms with van der Waals surface area (Å²) in [5.74, 6) is 2.80.